The minimum atomic E-state index is 0.147. The molecule has 0 unspecified atom stereocenters. The molecule has 0 spiro atoms. The number of carbonyl (C=O) groups is 1. The van der Waals surface area contributed by atoms with Gasteiger partial charge in [0, 0.05) is 24.7 Å². The number of hydrogen-bond acceptors (Lipinski definition) is 2. The number of nitrogens with zero attached hydrogens (tertiary/aromatic N) is 1. The fourth-order valence-electron chi connectivity index (χ4n) is 3.25. The molecule has 0 aromatic heterocycles. The van der Waals surface area contributed by atoms with Gasteiger partial charge in [0.1, 0.15) is 0 Å². The van der Waals surface area contributed by atoms with E-state index in [1.54, 1.807) is 0 Å². The summed E-state index contributed by atoms with van der Waals surface area (Å²) in [5.74, 6) is 0.147. The summed E-state index contributed by atoms with van der Waals surface area (Å²) in [7, 11) is 0. The Balaban J connectivity index is 2.20. The van der Waals surface area contributed by atoms with Crippen molar-refractivity contribution in [1.29, 1.82) is 0 Å². The Labute approximate surface area is 122 Å². The van der Waals surface area contributed by atoms with Gasteiger partial charge in [-0.2, -0.15) is 0 Å². The second kappa shape index (κ2) is 6.89. The summed E-state index contributed by atoms with van der Waals surface area (Å²) in [6.45, 7) is 5.28. The van der Waals surface area contributed by atoms with Crippen LogP contribution in [0, 0.1) is 13.8 Å². The molecule has 1 amide bonds. The predicted octanol–water partition coefficient (Wildman–Crippen LogP) is 3.04. The zero-order valence-electron chi connectivity index (χ0n) is 12.7. The average Bonchev–Trinajstić information content (AvgIpc) is 2.44. The van der Waals surface area contributed by atoms with Crippen molar-refractivity contribution in [1.82, 2.24) is 4.90 Å². The van der Waals surface area contributed by atoms with E-state index in [1.165, 1.54) is 19.3 Å². The van der Waals surface area contributed by atoms with Crippen LogP contribution in [-0.2, 0) is 0 Å². The molecule has 2 rings (SSSR count). The number of hydrogen-bond donors (Lipinski definition) is 1. The molecule has 1 fully saturated rings. The molecule has 1 aromatic carbocycles. The SMILES string of the molecule is Cc1cc(C)cc(C(=O)N(CCN)C2CCCCC2)c1. The zero-order chi connectivity index (χ0) is 14.5. The zero-order valence-corrected chi connectivity index (χ0v) is 12.7. The molecular formula is C17H26N2O. The summed E-state index contributed by atoms with van der Waals surface area (Å²) in [6, 6.07) is 6.45. The maximum atomic E-state index is 12.8. The van der Waals surface area contributed by atoms with Crippen LogP contribution in [0.25, 0.3) is 0 Å². The van der Waals surface area contributed by atoms with Crippen molar-refractivity contribution in [3.8, 4) is 0 Å². The van der Waals surface area contributed by atoms with Gasteiger partial charge in [-0.05, 0) is 38.8 Å². The van der Waals surface area contributed by atoms with E-state index < -0.39 is 0 Å². The lowest BCUT2D eigenvalue weighted by Gasteiger charge is -2.34. The Morgan fingerprint density at radius 1 is 1.15 bits per heavy atom. The van der Waals surface area contributed by atoms with Crippen LogP contribution >= 0.6 is 0 Å². The minimum absolute atomic E-state index is 0.147. The number of aryl methyl sites for hydroxylation is 2. The Hall–Kier alpha value is -1.35. The van der Waals surface area contributed by atoms with Gasteiger partial charge in [0.25, 0.3) is 5.91 Å². The molecule has 20 heavy (non-hydrogen) atoms. The van der Waals surface area contributed by atoms with Crippen molar-refractivity contribution in [2.75, 3.05) is 13.1 Å². The van der Waals surface area contributed by atoms with Crippen molar-refractivity contribution in [3.63, 3.8) is 0 Å². The van der Waals surface area contributed by atoms with Crippen LogP contribution in [-0.4, -0.2) is 29.9 Å². The maximum Gasteiger partial charge on any atom is 0.254 e. The maximum absolute atomic E-state index is 12.8. The van der Waals surface area contributed by atoms with Crippen LogP contribution in [0.1, 0.15) is 53.6 Å². The van der Waals surface area contributed by atoms with E-state index >= 15 is 0 Å². The van der Waals surface area contributed by atoms with Gasteiger partial charge in [0.15, 0.2) is 0 Å². The molecule has 3 heteroatoms. The number of rotatable bonds is 4. The Kier molecular flexibility index (Phi) is 5.18. The van der Waals surface area contributed by atoms with Crippen molar-refractivity contribution in [2.45, 2.75) is 52.0 Å². The Morgan fingerprint density at radius 2 is 1.75 bits per heavy atom. The highest BCUT2D eigenvalue weighted by atomic mass is 16.2. The van der Waals surface area contributed by atoms with Gasteiger partial charge in [-0.3, -0.25) is 4.79 Å². The van der Waals surface area contributed by atoms with Crippen molar-refractivity contribution in [3.05, 3.63) is 34.9 Å². The van der Waals surface area contributed by atoms with Gasteiger partial charge < -0.3 is 10.6 Å². The monoisotopic (exact) mass is 274 g/mol. The van der Waals surface area contributed by atoms with E-state index in [2.05, 4.69) is 6.07 Å². The summed E-state index contributed by atoms with van der Waals surface area (Å²) in [4.78, 5) is 14.8. The number of benzene rings is 1. The molecule has 0 radical (unpaired) electrons. The van der Waals surface area contributed by atoms with Crippen LogP contribution in [0.4, 0.5) is 0 Å². The molecule has 3 nitrogen and oxygen atoms in total. The first-order valence-corrected chi connectivity index (χ1v) is 7.71. The van der Waals surface area contributed by atoms with Gasteiger partial charge in [-0.1, -0.05) is 36.5 Å². The second-order valence-corrected chi connectivity index (χ2v) is 5.96. The first kappa shape index (κ1) is 15.0. The first-order valence-electron chi connectivity index (χ1n) is 7.71. The number of amides is 1. The lowest BCUT2D eigenvalue weighted by Crippen LogP contribution is -2.44. The van der Waals surface area contributed by atoms with E-state index in [9.17, 15) is 4.79 Å². The van der Waals surface area contributed by atoms with Crippen LogP contribution in [0.5, 0.6) is 0 Å². The molecule has 0 atom stereocenters. The lowest BCUT2D eigenvalue weighted by molar-refractivity contribution is 0.0641. The standard InChI is InChI=1S/C17H26N2O/c1-13-10-14(2)12-15(11-13)17(20)19(9-8-18)16-6-4-3-5-7-16/h10-12,16H,3-9,18H2,1-2H3. The van der Waals surface area contributed by atoms with Crippen molar-refractivity contribution >= 4 is 5.91 Å². The molecule has 2 N–H and O–H groups in total. The third kappa shape index (κ3) is 3.60. The molecule has 1 aliphatic carbocycles. The number of nitrogens with two attached hydrogens (primary N) is 1. The summed E-state index contributed by atoms with van der Waals surface area (Å²) < 4.78 is 0. The highest BCUT2D eigenvalue weighted by molar-refractivity contribution is 5.94. The van der Waals surface area contributed by atoms with Gasteiger partial charge in [0.2, 0.25) is 0 Å². The largest absolute Gasteiger partial charge is 0.334 e. The molecule has 0 heterocycles. The summed E-state index contributed by atoms with van der Waals surface area (Å²) in [6.07, 6.45) is 6.00. The van der Waals surface area contributed by atoms with Gasteiger partial charge in [0.05, 0.1) is 0 Å². The molecule has 0 aliphatic heterocycles. The molecule has 1 aliphatic rings. The predicted molar refractivity (Wildman–Crippen MR) is 82.9 cm³/mol. The number of carbonyl (C=O) groups excluding carboxylic acids is 1. The van der Waals surface area contributed by atoms with Crippen LogP contribution in [0.2, 0.25) is 0 Å². The lowest BCUT2D eigenvalue weighted by atomic mass is 9.93. The van der Waals surface area contributed by atoms with Crippen LogP contribution in [0.3, 0.4) is 0 Å². The van der Waals surface area contributed by atoms with Crippen LogP contribution < -0.4 is 5.73 Å². The van der Waals surface area contributed by atoms with E-state index in [0.29, 0.717) is 19.1 Å². The summed E-state index contributed by atoms with van der Waals surface area (Å²) >= 11 is 0. The van der Waals surface area contributed by atoms with Gasteiger partial charge in [-0.15, -0.1) is 0 Å². The highest BCUT2D eigenvalue weighted by Gasteiger charge is 2.25. The van der Waals surface area contributed by atoms with Crippen molar-refractivity contribution < 1.29 is 4.79 Å². The second-order valence-electron chi connectivity index (χ2n) is 5.96. The van der Waals surface area contributed by atoms with Gasteiger partial charge in [-0.25, -0.2) is 0 Å². The fraction of sp³-hybridized carbons (Fsp3) is 0.588. The molecule has 1 aromatic rings. The van der Waals surface area contributed by atoms with Gasteiger partial charge >= 0.3 is 0 Å². The van der Waals surface area contributed by atoms with Crippen LogP contribution in [0.15, 0.2) is 18.2 Å². The minimum Gasteiger partial charge on any atom is -0.334 e. The smallest absolute Gasteiger partial charge is 0.254 e. The molecular weight excluding hydrogens is 248 g/mol. The normalized spacial score (nSPS) is 16.1. The molecule has 1 saturated carbocycles. The average molecular weight is 274 g/mol. The molecule has 0 saturated heterocycles. The van der Waals surface area contributed by atoms with E-state index in [1.807, 2.05) is 30.9 Å². The third-order valence-electron chi connectivity index (χ3n) is 4.11. The molecule has 0 bridgehead atoms. The fourth-order valence-corrected chi connectivity index (χ4v) is 3.25. The third-order valence-corrected chi connectivity index (χ3v) is 4.11. The van der Waals surface area contributed by atoms with E-state index in [-0.39, 0.29) is 5.91 Å². The first-order chi connectivity index (χ1) is 9.61. The highest BCUT2D eigenvalue weighted by Crippen LogP contribution is 2.24. The Morgan fingerprint density at radius 3 is 2.30 bits per heavy atom. The molecule has 110 valence electrons. The quantitative estimate of drug-likeness (QED) is 0.917. The van der Waals surface area contributed by atoms with E-state index in [0.717, 1.165) is 29.5 Å². The summed E-state index contributed by atoms with van der Waals surface area (Å²) in [5, 5.41) is 0. The topological polar surface area (TPSA) is 46.3 Å². The van der Waals surface area contributed by atoms with Crippen molar-refractivity contribution in [2.24, 2.45) is 5.73 Å². The Bertz CT molecular complexity index is 444. The summed E-state index contributed by atoms with van der Waals surface area (Å²) in [5.41, 5.74) is 8.81. The van der Waals surface area contributed by atoms with E-state index in [4.69, 9.17) is 5.73 Å².